The monoisotopic (exact) mass is 342 g/mol. The van der Waals surface area contributed by atoms with Crippen molar-refractivity contribution in [3.05, 3.63) is 48.3 Å². The number of nitrogens with zero attached hydrogens (tertiary/aromatic N) is 3. The van der Waals surface area contributed by atoms with Gasteiger partial charge in [0.05, 0.1) is 20.2 Å². The molecule has 0 radical (unpaired) electrons. The molecule has 1 aliphatic rings. The zero-order chi connectivity index (χ0) is 17.5. The van der Waals surface area contributed by atoms with Gasteiger partial charge < -0.3 is 10.1 Å². The van der Waals surface area contributed by atoms with Crippen molar-refractivity contribution in [1.29, 1.82) is 0 Å². The lowest BCUT2D eigenvalue weighted by Gasteiger charge is -2.35. The number of ether oxygens (including phenoxy) is 1. The minimum atomic E-state index is 0.0724. The number of hydrogen-bond acceptors (Lipinski definition) is 4. The van der Waals surface area contributed by atoms with Crippen LogP contribution in [0.15, 0.2) is 42.7 Å². The van der Waals surface area contributed by atoms with Gasteiger partial charge in [-0.1, -0.05) is 18.6 Å². The van der Waals surface area contributed by atoms with E-state index in [2.05, 4.69) is 15.3 Å². The van der Waals surface area contributed by atoms with E-state index in [-0.39, 0.29) is 5.91 Å². The third-order valence-corrected chi connectivity index (χ3v) is 4.70. The first-order chi connectivity index (χ1) is 12.2. The van der Waals surface area contributed by atoms with E-state index < -0.39 is 0 Å². The van der Waals surface area contributed by atoms with Gasteiger partial charge in [-0.3, -0.25) is 14.4 Å². The summed E-state index contributed by atoms with van der Waals surface area (Å²) in [4.78, 5) is 14.6. The van der Waals surface area contributed by atoms with E-state index >= 15 is 0 Å². The summed E-state index contributed by atoms with van der Waals surface area (Å²) in [5.74, 6) is 0.896. The SMILES string of the molecule is COc1ccc(CNC(=O)CN2CCCC[C@H]2Cn2cccn2)cc1. The van der Waals surface area contributed by atoms with E-state index in [0.29, 0.717) is 19.1 Å². The maximum absolute atomic E-state index is 12.4. The molecule has 0 spiro atoms. The Morgan fingerprint density at radius 1 is 1.32 bits per heavy atom. The Kier molecular flexibility index (Phi) is 6.06. The molecule has 1 aromatic heterocycles. The summed E-state index contributed by atoms with van der Waals surface area (Å²) in [6.45, 7) is 2.81. The Bertz CT molecular complexity index is 655. The van der Waals surface area contributed by atoms with Crippen molar-refractivity contribution in [3.8, 4) is 5.75 Å². The molecule has 1 saturated heterocycles. The number of carbonyl (C=O) groups excluding carboxylic acids is 1. The summed E-state index contributed by atoms with van der Waals surface area (Å²) in [7, 11) is 1.65. The van der Waals surface area contributed by atoms with Crippen LogP contribution in [-0.2, 0) is 17.9 Å². The number of piperidine rings is 1. The molecule has 1 aromatic carbocycles. The van der Waals surface area contributed by atoms with Gasteiger partial charge in [-0.15, -0.1) is 0 Å². The third kappa shape index (κ3) is 5.06. The number of likely N-dealkylation sites (tertiary alicyclic amines) is 1. The van der Waals surface area contributed by atoms with Crippen LogP contribution in [0.3, 0.4) is 0 Å². The molecule has 6 nitrogen and oxygen atoms in total. The van der Waals surface area contributed by atoms with Crippen molar-refractivity contribution in [1.82, 2.24) is 20.0 Å². The van der Waals surface area contributed by atoms with Crippen molar-refractivity contribution >= 4 is 5.91 Å². The predicted octanol–water partition coefficient (Wildman–Crippen LogP) is 2.06. The Labute approximate surface area is 148 Å². The second-order valence-electron chi connectivity index (χ2n) is 6.47. The molecule has 1 amide bonds. The Morgan fingerprint density at radius 3 is 2.88 bits per heavy atom. The highest BCUT2D eigenvalue weighted by molar-refractivity contribution is 5.78. The van der Waals surface area contributed by atoms with Gasteiger partial charge in [0.2, 0.25) is 5.91 Å². The fraction of sp³-hybridized carbons (Fsp3) is 0.474. The molecule has 0 saturated carbocycles. The summed E-state index contributed by atoms with van der Waals surface area (Å²) >= 11 is 0. The summed E-state index contributed by atoms with van der Waals surface area (Å²) in [6.07, 6.45) is 7.27. The number of benzene rings is 1. The molecule has 25 heavy (non-hydrogen) atoms. The van der Waals surface area contributed by atoms with Crippen LogP contribution in [0, 0.1) is 0 Å². The lowest BCUT2D eigenvalue weighted by atomic mass is 10.0. The predicted molar refractivity (Wildman–Crippen MR) is 96.3 cm³/mol. The molecule has 1 aliphatic heterocycles. The molecule has 134 valence electrons. The molecule has 0 bridgehead atoms. The summed E-state index contributed by atoms with van der Waals surface area (Å²) in [5.41, 5.74) is 1.07. The van der Waals surface area contributed by atoms with Crippen molar-refractivity contribution in [3.63, 3.8) is 0 Å². The van der Waals surface area contributed by atoms with Crippen molar-refractivity contribution < 1.29 is 9.53 Å². The molecule has 1 N–H and O–H groups in total. The van der Waals surface area contributed by atoms with Crippen LogP contribution in [0.5, 0.6) is 5.75 Å². The average Bonchev–Trinajstić information content (AvgIpc) is 3.15. The van der Waals surface area contributed by atoms with Crippen LogP contribution in [0.1, 0.15) is 24.8 Å². The fourth-order valence-corrected chi connectivity index (χ4v) is 3.28. The summed E-state index contributed by atoms with van der Waals surface area (Å²) in [5, 5.41) is 7.31. The van der Waals surface area contributed by atoms with Crippen molar-refractivity contribution in [2.24, 2.45) is 0 Å². The van der Waals surface area contributed by atoms with Gasteiger partial charge in [-0.25, -0.2) is 0 Å². The molecule has 6 heteroatoms. The number of hydrogen-bond donors (Lipinski definition) is 1. The lowest BCUT2D eigenvalue weighted by Crippen LogP contribution is -2.47. The highest BCUT2D eigenvalue weighted by Gasteiger charge is 2.24. The Hall–Kier alpha value is -2.34. The van der Waals surface area contributed by atoms with Crippen molar-refractivity contribution in [2.45, 2.75) is 38.4 Å². The van der Waals surface area contributed by atoms with E-state index in [4.69, 9.17) is 4.74 Å². The fourth-order valence-electron chi connectivity index (χ4n) is 3.28. The number of methoxy groups -OCH3 is 1. The molecule has 2 aromatic rings. The highest BCUT2D eigenvalue weighted by Crippen LogP contribution is 2.18. The zero-order valence-corrected chi connectivity index (χ0v) is 14.7. The zero-order valence-electron chi connectivity index (χ0n) is 14.7. The first kappa shape index (κ1) is 17.5. The lowest BCUT2D eigenvalue weighted by molar-refractivity contribution is -0.123. The van der Waals surface area contributed by atoms with Gasteiger partial charge in [0.25, 0.3) is 0 Å². The first-order valence-corrected chi connectivity index (χ1v) is 8.85. The Morgan fingerprint density at radius 2 is 2.16 bits per heavy atom. The van der Waals surface area contributed by atoms with Crippen LogP contribution < -0.4 is 10.1 Å². The standard InChI is InChI=1S/C19H26N4O2/c1-25-18-8-6-16(7-9-18)13-20-19(24)15-22-11-3-2-5-17(22)14-23-12-4-10-21-23/h4,6-10,12,17H,2-3,5,11,13-15H2,1H3,(H,20,24)/t17-/m0/s1. The quantitative estimate of drug-likeness (QED) is 0.837. The van der Waals surface area contributed by atoms with Crippen LogP contribution in [-0.4, -0.2) is 46.8 Å². The number of rotatable bonds is 7. The van der Waals surface area contributed by atoms with Gasteiger partial charge in [0.15, 0.2) is 0 Å². The van der Waals surface area contributed by atoms with Crippen LogP contribution in [0.4, 0.5) is 0 Å². The molecule has 1 fully saturated rings. The molecule has 3 rings (SSSR count). The number of amides is 1. The number of carbonyl (C=O) groups is 1. The highest BCUT2D eigenvalue weighted by atomic mass is 16.5. The van der Waals surface area contributed by atoms with Gasteiger partial charge in [0, 0.05) is 25.0 Å². The van der Waals surface area contributed by atoms with Crippen LogP contribution in [0.25, 0.3) is 0 Å². The van der Waals surface area contributed by atoms with Crippen LogP contribution >= 0.6 is 0 Å². The molecule has 1 atom stereocenters. The minimum absolute atomic E-state index is 0.0724. The van der Waals surface area contributed by atoms with E-state index in [9.17, 15) is 4.79 Å². The molecular formula is C19H26N4O2. The molecular weight excluding hydrogens is 316 g/mol. The summed E-state index contributed by atoms with van der Waals surface area (Å²) < 4.78 is 7.11. The topological polar surface area (TPSA) is 59.4 Å². The number of aromatic nitrogens is 2. The maximum Gasteiger partial charge on any atom is 0.234 e. The molecule has 0 aliphatic carbocycles. The molecule has 2 heterocycles. The summed E-state index contributed by atoms with van der Waals surface area (Å²) in [6, 6.07) is 10.1. The second kappa shape index (κ2) is 8.67. The number of nitrogens with one attached hydrogen (secondary N) is 1. The van der Waals surface area contributed by atoms with Crippen molar-refractivity contribution in [2.75, 3.05) is 20.2 Å². The third-order valence-electron chi connectivity index (χ3n) is 4.70. The van der Waals surface area contributed by atoms with Gasteiger partial charge in [0.1, 0.15) is 5.75 Å². The Balaban J connectivity index is 1.49. The first-order valence-electron chi connectivity index (χ1n) is 8.85. The van der Waals surface area contributed by atoms with E-state index in [1.807, 2.05) is 41.2 Å². The molecule has 0 unspecified atom stereocenters. The second-order valence-corrected chi connectivity index (χ2v) is 6.47. The average molecular weight is 342 g/mol. The van der Waals surface area contributed by atoms with Gasteiger partial charge >= 0.3 is 0 Å². The van der Waals surface area contributed by atoms with E-state index in [1.165, 1.54) is 6.42 Å². The smallest absolute Gasteiger partial charge is 0.234 e. The van der Waals surface area contributed by atoms with Crippen LogP contribution in [0.2, 0.25) is 0 Å². The minimum Gasteiger partial charge on any atom is -0.497 e. The van der Waals surface area contributed by atoms with E-state index in [1.54, 1.807) is 13.3 Å². The largest absolute Gasteiger partial charge is 0.497 e. The normalized spacial score (nSPS) is 18.0. The van der Waals surface area contributed by atoms with Gasteiger partial charge in [-0.05, 0) is 43.1 Å². The van der Waals surface area contributed by atoms with Gasteiger partial charge in [-0.2, -0.15) is 5.10 Å². The maximum atomic E-state index is 12.4. The van der Waals surface area contributed by atoms with E-state index in [0.717, 1.165) is 37.2 Å².